The Morgan fingerprint density at radius 2 is 1.79 bits per heavy atom. The highest BCUT2D eigenvalue weighted by Crippen LogP contribution is 2.23. The lowest BCUT2D eigenvalue weighted by Crippen LogP contribution is -2.48. The summed E-state index contributed by atoms with van der Waals surface area (Å²) in [5, 5.41) is 11.0. The number of anilines is 1. The number of carbonyl (C=O) groups excluding carboxylic acids is 2. The van der Waals surface area contributed by atoms with Crippen LogP contribution < -0.4 is 4.90 Å². The van der Waals surface area contributed by atoms with Crippen LogP contribution in [0.4, 0.5) is 15.8 Å². The van der Waals surface area contributed by atoms with E-state index < -0.39 is 10.7 Å². The molecule has 0 saturated carbocycles. The van der Waals surface area contributed by atoms with E-state index in [0.717, 1.165) is 0 Å². The average molecular weight is 397 g/mol. The van der Waals surface area contributed by atoms with Crippen LogP contribution in [0.15, 0.2) is 48.5 Å². The third-order valence-corrected chi connectivity index (χ3v) is 4.83. The molecule has 1 fully saturated rings. The van der Waals surface area contributed by atoms with E-state index in [4.69, 9.17) is 0 Å². The van der Waals surface area contributed by atoms with Crippen molar-refractivity contribution in [2.45, 2.75) is 6.92 Å². The fourth-order valence-electron chi connectivity index (χ4n) is 3.21. The summed E-state index contributed by atoms with van der Waals surface area (Å²) in [6.07, 6.45) is 2.76. The van der Waals surface area contributed by atoms with E-state index in [0.29, 0.717) is 43.0 Å². The summed E-state index contributed by atoms with van der Waals surface area (Å²) in [6.45, 7) is 3.07. The van der Waals surface area contributed by atoms with Gasteiger partial charge in [0.2, 0.25) is 5.91 Å². The van der Waals surface area contributed by atoms with Crippen molar-refractivity contribution in [2.24, 2.45) is 0 Å². The topological polar surface area (TPSA) is 83.8 Å². The van der Waals surface area contributed by atoms with E-state index in [2.05, 4.69) is 0 Å². The monoisotopic (exact) mass is 397 g/mol. The lowest BCUT2D eigenvalue weighted by Gasteiger charge is -2.35. The average Bonchev–Trinajstić information content (AvgIpc) is 2.72. The second kappa shape index (κ2) is 8.64. The summed E-state index contributed by atoms with van der Waals surface area (Å²) in [6, 6.07) is 10.6. The summed E-state index contributed by atoms with van der Waals surface area (Å²) in [7, 11) is 0. The molecule has 0 N–H and O–H groups in total. The Kier molecular flexibility index (Phi) is 6.01. The van der Waals surface area contributed by atoms with E-state index in [1.165, 1.54) is 31.2 Å². The summed E-state index contributed by atoms with van der Waals surface area (Å²) >= 11 is 0. The minimum Gasteiger partial charge on any atom is -0.366 e. The van der Waals surface area contributed by atoms with Gasteiger partial charge < -0.3 is 9.80 Å². The number of nitro groups is 1. The number of rotatable bonds is 5. The number of nitro benzene ring substituents is 1. The highest BCUT2D eigenvalue weighted by atomic mass is 19.1. The van der Waals surface area contributed by atoms with Gasteiger partial charge >= 0.3 is 0 Å². The standard InChI is InChI=1S/C21H20FN3O4/c1-15(26)17-6-8-20(18(22)14-17)23-10-12-24(13-11-23)21(27)9-7-16-4-2-3-5-19(16)25(28)29/h2-9,14H,10-13H2,1H3/b9-7+. The number of carbonyl (C=O) groups is 2. The molecule has 1 heterocycles. The lowest BCUT2D eigenvalue weighted by molar-refractivity contribution is -0.385. The molecule has 7 nitrogen and oxygen atoms in total. The zero-order valence-electron chi connectivity index (χ0n) is 15.9. The number of nitrogens with zero attached hydrogens (tertiary/aromatic N) is 3. The van der Waals surface area contributed by atoms with Crippen molar-refractivity contribution < 1.29 is 18.9 Å². The second-order valence-electron chi connectivity index (χ2n) is 6.68. The SMILES string of the molecule is CC(=O)c1ccc(N2CCN(C(=O)/C=C/c3ccccc3[N+](=O)[O-])CC2)c(F)c1. The third kappa shape index (κ3) is 4.66. The van der Waals surface area contributed by atoms with Crippen LogP contribution in [0.2, 0.25) is 0 Å². The predicted molar refractivity (Wildman–Crippen MR) is 107 cm³/mol. The Morgan fingerprint density at radius 3 is 2.41 bits per heavy atom. The van der Waals surface area contributed by atoms with Crippen LogP contribution in [-0.4, -0.2) is 47.7 Å². The van der Waals surface area contributed by atoms with Gasteiger partial charge in [-0.1, -0.05) is 12.1 Å². The van der Waals surface area contributed by atoms with E-state index in [1.54, 1.807) is 35.2 Å². The van der Waals surface area contributed by atoms with E-state index in [9.17, 15) is 24.1 Å². The molecule has 0 atom stereocenters. The Balaban J connectivity index is 1.63. The summed E-state index contributed by atoms with van der Waals surface area (Å²) in [5.74, 6) is -0.916. The smallest absolute Gasteiger partial charge is 0.276 e. The van der Waals surface area contributed by atoms with Crippen molar-refractivity contribution in [1.29, 1.82) is 0 Å². The maximum absolute atomic E-state index is 14.3. The maximum atomic E-state index is 14.3. The fraction of sp³-hybridized carbons (Fsp3) is 0.238. The summed E-state index contributed by atoms with van der Waals surface area (Å²) in [5.41, 5.74) is 1.01. The predicted octanol–water partition coefficient (Wildman–Crippen LogP) is 3.30. The van der Waals surface area contributed by atoms with Gasteiger partial charge in [0.05, 0.1) is 16.2 Å². The molecule has 1 saturated heterocycles. The molecule has 1 amide bonds. The third-order valence-electron chi connectivity index (χ3n) is 4.83. The van der Waals surface area contributed by atoms with Gasteiger partial charge in [0, 0.05) is 43.9 Å². The molecule has 8 heteroatoms. The van der Waals surface area contributed by atoms with Gasteiger partial charge in [-0.2, -0.15) is 0 Å². The van der Waals surface area contributed by atoms with Crippen LogP contribution in [0.1, 0.15) is 22.8 Å². The molecule has 3 rings (SSSR count). The first-order chi connectivity index (χ1) is 13.9. The Hall–Kier alpha value is -3.55. The largest absolute Gasteiger partial charge is 0.366 e. The molecule has 0 unspecified atom stereocenters. The molecular formula is C21H20FN3O4. The van der Waals surface area contributed by atoms with Crippen molar-refractivity contribution in [3.63, 3.8) is 0 Å². The lowest BCUT2D eigenvalue weighted by atomic mass is 10.1. The van der Waals surface area contributed by atoms with E-state index in [1.807, 2.05) is 4.90 Å². The van der Waals surface area contributed by atoms with E-state index in [-0.39, 0.29) is 17.4 Å². The van der Waals surface area contributed by atoms with Crippen LogP contribution in [-0.2, 0) is 4.79 Å². The van der Waals surface area contributed by atoms with Crippen LogP contribution in [0, 0.1) is 15.9 Å². The van der Waals surface area contributed by atoms with Crippen LogP contribution in [0.5, 0.6) is 0 Å². The van der Waals surface area contributed by atoms with Crippen molar-refractivity contribution in [1.82, 2.24) is 4.90 Å². The molecule has 0 radical (unpaired) electrons. The highest BCUT2D eigenvalue weighted by molar-refractivity contribution is 5.94. The van der Waals surface area contributed by atoms with Gasteiger partial charge in [-0.05, 0) is 37.3 Å². The molecular weight excluding hydrogens is 377 g/mol. The zero-order valence-corrected chi connectivity index (χ0v) is 15.9. The van der Waals surface area contributed by atoms with Gasteiger partial charge in [-0.25, -0.2) is 4.39 Å². The number of Topliss-reactive ketones (excluding diaryl/α,β-unsaturated/α-hetero) is 1. The normalized spacial score (nSPS) is 14.3. The van der Waals surface area contributed by atoms with Gasteiger partial charge in [-0.15, -0.1) is 0 Å². The number of para-hydroxylation sites is 1. The molecule has 0 aliphatic carbocycles. The molecule has 2 aromatic carbocycles. The second-order valence-corrected chi connectivity index (χ2v) is 6.68. The molecule has 0 bridgehead atoms. The number of piperazine rings is 1. The number of amides is 1. The molecule has 0 aromatic heterocycles. The number of hydrogen-bond donors (Lipinski definition) is 0. The van der Waals surface area contributed by atoms with Gasteiger partial charge in [0.25, 0.3) is 5.69 Å². The van der Waals surface area contributed by atoms with Crippen molar-refractivity contribution >= 4 is 29.1 Å². The molecule has 0 spiro atoms. The first kappa shape index (κ1) is 20.2. The first-order valence-electron chi connectivity index (χ1n) is 9.12. The van der Waals surface area contributed by atoms with Gasteiger partial charge in [0.15, 0.2) is 5.78 Å². The first-order valence-corrected chi connectivity index (χ1v) is 9.12. The maximum Gasteiger partial charge on any atom is 0.276 e. The molecule has 1 aliphatic heterocycles. The number of benzene rings is 2. The fourth-order valence-corrected chi connectivity index (χ4v) is 3.21. The highest BCUT2D eigenvalue weighted by Gasteiger charge is 2.22. The van der Waals surface area contributed by atoms with E-state index >= 15 is 0 Å². The number of ketones is 1. The van der Waals surface area contributed by atoms with Gasteiger partial charge in [-0.3, -0.25) is 19.7 Å². The molecule has 29 heavy (non-hydrogen) atoms. The zero-order chi connectivity index (χ0) is 21.0. The minimum atomic E-state index is -0.491. The number of halogens is 1. The minimum absolute atomic E-state index is 0.0640. The molecule has 1 aliphatic rings. The summed E-state index contributed by atoms with van der Waals surface area (Å²) in [4.78, 5) is 37.8. The Labute approximate surface area is 167 Å². The Bertz CT molecular complexity index is 982. The van der Waals surface area contributed by atoms with Gasteiger partial charge in [0.1, 0.15) is 5.82 Å². The van der Waals surface area contributed by atoms with Crippen LogP contribution >= 0.6 is 0 Å². The molecule has 2 aromatic rings. The number of hydrogen-bond acceptors (Lipinski definition) is 5. The van der Waals surface area contributed by atoms with Crippen LogP contribution in [0.25, 0.3) is 6.08 Å². The van der Waals surface area contributed by atoms with Crippen molar-refractivity contribution in [2.75, 3.05) is 31.1 Å². The van der Waals surface area contributed by atoms with Crippen molar-refractivity contribution in [3.05, 3.63) is 75.6 Å². The van der Waals surface area contributed by atoms with Crippen molar-refractivity contribution in [3.8, 4) is 0 Å². The molecule has 150 valence electrons. The summed E-state index contributed by atoms with van der Waals surface area (Å²) < 4.78 is 14.3. The van der Waals surface area contributed by atoms with Crippen LogP contribution in [0.3, 0.4) is 0 Å². The quantitative estimate of drug-likeness (QED) is 0.335. The Morgan fingerprint density at radius 1 is 1.10 bits per heavy atom.